The Morgan fingerprint density at radius 2 is 1.32 bits per heavy atom. The van der Waals surface area contributed by atoms with Crippen LogP contribution in [0.3, 0.4) is 0 Å². The summed E-state index contributed by atoms with van der Waals surface area (Å²) in [5, 5.41) is 2.21. The lowest BCUT2D eigenvalue weighted by molar-refractivity contribution is 0.00328. The highest BCUT2D eigenvalue weighted by molar-refractivity contribution is 6.60. The van der Waals surface area contributed by atoms with E-state index in [0.29, 0.717) is 12.5 Å². The van der Waals surface area contributed by atoms with E-state index in [-0.39, 0.29) is 24.1 Å². The molecule has 0 aromatic heterocycles. The van der Waals surface area contributed by atoms with Gasteiger partial charge in [-0.05, 0) is 77.3 Å². The maximum absolute atomic E-state index is 12.3. The zero-order valence-electron chi connectivity index (χ0n) is 18.2. The number of carbonyl (C=O) groups excluding carboxylic acids is 1. The van der Waals surface area contributed by atoms with Crippen LogP contribution in [0.5, 0.6) is 0 Å². The SMILES string of the molecule is CC(=O)c1cc2ccccc2cc1CC[Si](OC(C)C)(OC(C)C)OC(C)C. The Labute approximate surface area is 170 Å². The number of rotatable bonds is 10. The van der Waals surface area contributed by atoms with Gasteiger partial charge < -0.3 is 13.3 Å². The minimum atomic E-state index is -2.90. The van der Waals surface area contributed by atoms with Gasteiger partial charge in [-0.3, -0.25) is 4.79 Å². The van der Waals surface area contributed by atoms with E-state index in [0.717, 1.165) is 21.9 Å². The zero-order chi connectivity index (χ0) is 20.9. The predicted octanol–water partition coefficient (Wildman–Crippen LogP) is 5.80. The Bertz CT molecular complexity index is 772. The van der Waals surface area contributed by atoms with E-state index in [9.17, 15) is 4.79 Å². The number of Topliss-reactive ketones (excluding diaryl/α,β-unsaturated/α-hetero) is 1. The number of ketones is 1. The van der Waals surface area contributed by atoms with Gasteiger partial charge in [-0.2, -0.15) is 0 Å². The van der Waals surface area contributed by atoms with Gasteiger partial charge in [0.25, 0.3) is 0 Å². The summed E-state index contributed by atoms with van der Waals surface area (Å²) in [5.74, 6) is 0.0763. The highest BCUT2D eigenvalue weighted by Crippen LogP contribution is 2.27. The van der Waals surface area contributed by atoms with Crippen LogP contribution in [-0.4, -0.2) is 32.9 Å². The molecule has 0 spiro atoms. The number of aryl methyl sites for hydroxylation is 1. The standard InChI is InChI=1S/C23H34O4Si/c1-16(2)25-28(26-17(3)4,27-18(5)6)13-12-22-14-20-10-8-9-11-21(20)15-23(22)19(7)24/h8-11,14-18H,12-13H2,1-7H3. The average Bonchev–Trinajstić information content (AvgIpc) is 2.57. The zero-order valence-corrected chi connectivity index (χ0v) is 19.2. The molecule has 0 radical (unpaired) electrons. The van der Waals surface area contributed by atoms with Crippen molar-refractivity contribution in [3.05, 3.63) is 47.5 Å². The molecule has 0 N–H and O–H groups in total. The van der Waals surface area contributed by atoms with Crippen LogP contribution in [0.25, 0.3) is 10.8 Å². The van der Waals surface area contributed by atoms with Crippen molar-refractivity contribution >= 4 is 25.4 Å². The van der Waals surface area contributed by atoms with Crippen molar-refractivity contribution in [1.82, 2.24) is 0 Å². The van der Waals surface area contributed by atoms with Gasteiger partial charge in [0.2, 0.25) is 0 Å². The maximum atomic E-state index is 12.3. The van der Waals surface area contributed by atoms with Gasteiger partial charge in [-0.15, -0.1) is 0 Å². The van der Waals surface area contributed by atoms with E-state index in [1.165, 1.54) is 0 Å². The number of carbonyl (C=O) groups is 1. The highest BCUT2D eigenvalue weighted by atomic mass is 28.4. The molecule has 0 aliphatic rings. The number of hydrogen-bond donors (Lipinski definition) is 0. The molecule has 2 rings (SSSR count). The third-order valence-corrected chi connectivity index (χ3v) is 7.65. The Kier molecular flexibility index (Phi) is 7.95. The monoisotopic (exact) mass is 402 g/mol. The second-order valence-electron chi connectivity index (χ2n) is 8.10. The number of benzene rings is 2. The molecule has 0 heterocycles. The Hall–Kier alpha value is -1.53. The van der Waals surface area contributed by atoms with Crippen LogP contribution >= 0.6 is 0 Å². The quantitative estimate of drug-likeness (QED) is 0.372. The summed E-state index contributed by atoms with van der Waals surface area (Å²) in [6, 6.07) is 12.9. The highest BCUT2D eigenvalue weighted by Gasteiger charge is 2.44. The lowest BCUT2D eigenvalue weighted by Gasteiger charge is -2.34. The number of hydrogen-bond acceptors (Lipinski definition) is 4. The molecule has 2 aromatic carbocycles. The van der Waals surface area contributed by atoms with E-state index < -0.39 is 8.80 Å². The molecule has 0 saturated heterocycles. The van der Waals surface area contributed by atoms with E-state index >= 15 is 0 Å². The summed E-state index contributed by atoms with van der Waals surface area (Å²) in [4.78, 5) is 12.3. The van der Waals surface area contributed by atoms with Crippen molar-refractivity contribution in [2.45, 2.75) is 79.2 Å². The summed E-state index contributed by atoms with van der Waals surface area (Å²) >= 11 is 0. The minimum absolute atomic E-state index is 0.00745. The fourth-order valence-corrected chi connectivity index (χ4v) is 6.70. The second kappa shape index (κ2) is 9.79. The van der Waals surface area contributed by atoms with Crippen molar-refractivity contribution in [2.75, 3.05) is 0 Å². The Morgan fingerprint density at radius 3 is 1.75 bits per heavy atom. The van der Waals surface area contributed by atoms with Gasteiger partial charge >= 0.3 is 8.80 Å². The van der Waals surface area contributed by atoms with Crippen molar-refractivity contribution in [3.63, 3.8) is 0 Å². The first-order valence-corrected chi connectivity index (χ1v) is 12.1. The molecule has 0 bridgehead atoms. The molecule has 0 aliphatic heterocycles. The Balaban J connectivity index is 2.39. The van der Waals surface area contributed by atoms with Gasteiger partial charge in [0.1, 0.15) is 0 Å². The fraction of sp³-hybridized carbons (Fsp3) is 0.522. The molecule has 0 fully saturated rings. The predicted molar refractivity (Wildman–Crippen MR) is 117 cm³/mol. The molecule has 0 aliphatic carbocycles. The lowest BCUT2D eigenvalue weighted by atomic mass is 9.97. The third-order valence-electron chi connectivity index (χ3n) is 4.30. The first-order valence-electron chi connectivity index (χ1n) is 10.2. The van der Waals surface area contributed by atoms with Crippen LogP contribution < -0.4 is 0 Å². The smallest absolute Gasteiger partial charge is 0.371 e. The molecule has 154 valence electrons. The van der Waals surface area contributed by atoms with E-state index in [1.807, 2.05) is 65.8 Å². The molecule has 5 heteroatoms. The van der Waals surface area contributed by atoms with Gasteiger partial charge in [-0.1, -0.05) is 30.3 Å². The van der Waals surface area contributed by atoms with Crippen LogP contribution in [0.1, 0.15) is 64.4 Å². The summed E-state index contributed by atoms with van der Waals surface area (Å²) in [6.07, 6.45) is 0.701. The molecular weight excluding hydrogens is 368 g/mol. The van der Waals surface area contributed by atoms with Crippen molar-refractivity contribution in [2.24, 2.45) is 0 Å². The minimum Gasteiger partial charge on any atom is -0.371 e. The third kappa shape index (κ3) is 6.24. The molecule has 2 aromatic rings. The molecule has 4 nitrogen and oxygen atoms in total. The molecule has 0 saturated carbocycles. The van der Waals surface area contributed by atoms with Crippen LogP contribution in [0.15, 0.2) is 36.4 Å². The first kappa shape index (κ1) is 22.8. The first-order chi connectivity index (χ1) is 13.1. The van der Waals surface area contributed by atoms with Crippen LogP contribution in [0.4, 0.5) is 0 Å². The van der Waals surface area contributed by atoms with E-state index in [2.05, 4.69) is 12.1 Å². The van der Waals surface area contributed by atoms with Crippen LogP contribution in [-0.2, 0) is 19.7 Å². The van der Waals surface area contributed by atoms with E-state index in [1.54, 1.807) is 6.92 Å². The van der Waals surface area contributed by atoms with Crippen molar-refractivity contribution in [1.29, 1.82) is 0 Å². The van der Waals surface area contributed by atoms with Gasteiger partial charge in [-0.25, -0.2) is 0 Å². The van der Waals surface area contributed by atoms with Crippen LogP contribution in [0.2, 0.25) is 6.04 Å². The van der Waals surface area contributed by atoms with Gasteiger partial charge in [0, 0.05) is 29.9 Å². The summed E-state index contributed by atoms with van der Waals surface area (Å²) in [7, 11) is -2.90. The second-order valence-corrected chi connectivity index (χ2v) is 10.7. The normalized spacial score (nSPS) is 12.5. The molecule has 0 atom stereocenters. The van der Waals surface area contributed by atoms with E-state index in [4.69, 9.17) is 13.3 Å². The van der Waals surface area contributed by atoms with Gasteiger partial charge in [0.15, 0.2) is 5.78 Å². The molecule has 28 heavy (non-hydrogen) atoms. The summed E-state index contributed by atoms with van der Waals surface area (Å²) < 4.78 is 18.8. The van der Waals surface area contributed by atoms with Crippen molar-refractivity contribution in [3.8, 4) is 0 Å². The van der Waals surface area contributed by atoms with Crippen molar-refractivity contribution < 1.29 is 18.1 Å². The average molecular weight is 403 g/mol. The molecule has 0 amide bonds. The molecule has 0 unspecified atom stereocenters. The Morgan fingerprint density at radius 1 is 0.857 bits per heavy atom. The topological polar surface area (TPSA) is 44.8 Å². The lowest BCUT2D eigenvalue weighted by Crippen LogP contribution is -2.51. The van der Waals surface area contributed by atoms with Crippen LogP contribution in [0, 0.1) is 0 Å². The number of fused-ring (bicyclic) bond motifs is 1. The fourth-order valence-electron chi connectivity index (χ4n) is 3.45. The molecular formula is C23H34O4Si. The largest absolute Gasteiger partial charge is 0.501 e. The summed E-state index contributed by atoms with van der Waals surface area (Å²) in [5.41, 5.74) is 1.79. The summed E-state index contributed by atoms with van der Waals surface area (Å²) in [6.45, 7) is 13.7. The van der Waals surface area contributed by atoms with Gasteiger partial charge in [0.05, 0.1) is 0 Å². The maximum Gasteiger partial charge on any atom is 0.501 e.